The summed E-state index contributed by atoms with van der Waals surface area (Å²) in [5, 5.41) is 1.12. The van der Waals surface area contributed by atoms with Crippen molar-refractivity contribution in [3.05, 3.63) is 28.8 Å². The molecular formula is C12H16N2S. The summed E-state index contributed by atoms with van der Waals surface area (Å²) in [6.07, 6.45) is 0. The fourth-order valence-electron chi connectivity index (χ4n) is 1.58. The van der Waals surface area contributed by atoms with Crippen molar-refractivity contribution >= 4 is 21.6 Å². The van der Waals surface area contributed by atoms with Gasteiger partial charge in [-0.3, -0.25) is 0 Å². The van der Waals surface area contributed by atoms with Crippen molar-refractivity contribution in [2.24, 2.45) is 5.73 Å². The third-order valence-corrected chi connectivity index (χ3v) is 3.72. The highest BCUT2D eigenvalue weighted by molar-refractivity contribution is 7.18. The summed E-state index contributed by atoms with van der Waals surface area (Å²) in [4.78, 5) is 4.45. The van der Waals surface area contributed by atoms with Crippen LogP contribution in [0, 0.1) is 6.92 Å². The van der Waals surface area contributed by atoms with Crippen LogP contribution in [0.15, 0.2) is 18.2 Å². The van der Waals surface area contributed by atoms with Gasteiger partial charge >= 0.3 is 0 Å². The van der Waals surface area contributed by atoms with E-state index in [2.05, 4.69) is 37.0 Å². The molecule has 3 heteroatoms. The number of fused-ring (bicyclic) bond motifs is 1. The maximum absolute atomic E-state index is 5.78. The molecule has 0 amide bonds. The number of hydrogen-bond acceptors (Lipinski definition) is 3. The predicted octanol–water partition coefficient (Wildman–Crippen LogP) is 2.84. The second-order valence-electron chi connectivity index (χ2n) is 4.50. The highest BCUT2D eigenvalue weighted by Crippen LogP contribution is 2.28. The molecule has 0 fully saturated rings. The van der Waals surface area contributed by atoms with Crippen LogP contribution in [0.4, 0.5) is 0 Å². The minimum Gasteiger partial charge on any atom is -0.330 e. The Hall–Kier alpha value is -0.930. The molecule has 0 atom stereocenters. The number of benzene rings is 1. The highest BCUT2D eigenvalue weighted by atomic mass is 32.1. The first-order valence-electron chi connectivity index (χ1n) is 5.11. The lowest BCUT2D eigenvalue weighted by molar-refractivity contribution is 0.540. The second-order valence-corrected chi connectivity index (χ2v) is 5.74. The summed E-state index contributed by atoms with van der Waals surface area (Å²) in [6.45, 7) is 7.04. The fraction of sp³-hybridized carbons (Fsp3) is 0.417. The molecule has 0 aliphatic heterocycles. The average Bonchev–Trinajstić information content (AvgIpc) is 2.56. The monoisotopic (exact) mass is 220 g/mol. The molecule has 0 saturated carbocycles. The molecule has 2 aromatic rings. The molecule has 2 rings (SSSR count). The summed E-state index contributed by atoms with van der Waals surface area (Å²) < 4.78 is 1.26. The lowest BCUT2D eigenvalue weighted by atomic mass is 9.85. The molecule has 2 N–H and O–H groups in total. The van der Waals surface area contributed by atoms with Gasteiger partial charge in [0.05, 0.1) is 15.2 Å². The van der Waals surface area contributed by atoms with Crippen molar-refractivity contribution in [2.45, 2.75) is 26.2 Å². The van der Waals surface area contributed by atoms with E-state index in [0.717, 1.165) is 10.5 Å². The second kappa shape index (κ2) is 3.58. The number of nitrogens with two attached hydrogens (primary N) is 1. The van der Waals surface area contributed by atoms with E-state index in [1.165, 1.54) is 10.3 Å². The van der Waals surface area contributed by atoms with E-state index in [0.29, 0.717) is 6.54 Å². The Morgan fingerprint density at radius 3 is 2.80 bits per heavy atom. The zero-order chi connectivity index (χ0) is 11.1. The highest BCUT2D eigenvalue weighted by Gasteiger charge is 2.18. The standard InChI is InChI=1S/C12H16N2S/c1-8-14-10-5-4-9(6-11(10)15-8)12(2,3)7-13/h4-6H,7,13H2,1-3H3. The Morgan fingerprint density at radius 1 is 1.40 bits per heavy atom. The molecule has 2 nitrogen and oxygen atoms in total. The number of aromatic nitrogens is 1. The van der Waals surface area contributed by atoms with Gasteiger partial charge in [-0.2, -0.15) is 0 Å². The third-order valence-electron chi connectivity index (χ3n) is 2.79. The van der Waals surface area contributed by atoms with Crippen LogP contribution in [-0.4, -0.2) is 11.5 Å². The lowest BCUT2D eigenvalue weighted by Gasteiger charge is -2.22. The molecule has 0 bridgehead atoms. The Morgan fingerprint density at radius 2 is 2.13 bits per heavy atom. The Bertz CT molecular complexity index is 485. The van der Waals surface area contributed by atoms with Crippen LogP contribution in [0.1, 0.15) is 24.4 Å². The first-order valence-corrected chi connectivity index (χ1v) is 5.92. The van der Waals surface area contributed by atoms with Crippen LogP contribution in [0.25, 0.3) is 10.2 Å². The van der Waals surface area contributed by atoms with Crippen LogP contribution >= 0.6 is 11.3 Å². The SMILES string of the molecule is Cc1nc2ccc(C(C)(C)CN)cc2s1. The summed E-state index contributed by atoms with van der Waals surface area (Å²) in [6, 6.07) is 6.44. The van der Waals surface area contributed by atoms with Crippen molar-refractivity contribution in [2.75, 3.05) is 6.54 Å². The van der Waals surface area contributed by atoms with Crippen molar-refractivity contribution in [3.63, 3.8) is 0 Å². The quantitative estimate of drug-likeness (QED) is 0.845. The maximum Gasteiger partial charge on any atom is 0.0907 e. The van der Waals surface area contributed by atoms with Gasteiger partial charge in [0.15, 0.2) is 0 Å². The van der Waals surface area contributed by atoms with Gasteiger partial charge in [0.1, 0.15) is 0 Å². The lowest BCUT2D eigenvalue weighted by Crippen LogP contribution is -2.27. The first kappa shape index (κ1) is 10.6. The van der Waals surface area contributed by atoms with E-state index in [1.807, 2.05) is 6.92 Å². The van der Waals surface area contributed by atoms with Crippen LogP contribution in [-0.2, 0) is 5.41 Å². The van der Waals surface area contributed by atoms with Crippen LogP contribution < -0.4 is 5.73 Å². The van der Waals surface area contributed by atoms with E-state index >= 15 is 0 Å². The Kier molecular flexibility index (Phi) is 2.52. The van der Waals surface area contributed by atoms with Gasteiger partial charge in [-0.05, 0) is 24.6 Å². The van der Waals surface area contributed by atoms with E-state index in [9.17, 15) is 0 Å². The summed E-state index contributed by atoms with van der Waals surface area (Å²) >= 11 is 1.74. The normalized spacial score (nSPS) is 12.3. The zero-order valence-electron chi connectivity index (χ0n) is 9.37. The van der Waals surface area contributed by atoms with Gasteiger partial charge in [-0.25, -0.2) is 4.98 Å². The van der Waals surface area contributed by atoms with Gasteiger partial charge in [0.2, 0.25) is 0 Å². The van der Waals surface area contributed by atoms with Crippen molar-refractivity contribution in [3.8, 4) is 0 Å². The van der Waals surface area contributed by atoms with Crippen molar-refractivity contribution < 1.29 is 0 Å². The molecule has 0 aliphatic carbocycles. The minimum atomic E-state index is 0.0477. The number of nitrogens with zero attached hydrogens (tertiary/aromatic N) is 1. The van der Waals surface area contributed by atoms with Crippen molar-refractivity contribution in [1.29, 1.82) is 0 Å². The van der Waals surface area contributed by atoms with E-state index in [4.69, 9.17) is 5.73 Å². The van der Waals surface area contributed by atoms with Gasteiger partial charge in [0.25, 0.3) is 0 Å². The van der Waals surface area contributed by atoms with Gasteiger partial charge in [-0.15, -0.1) is 11.3 Å². The molecule has 0 spiro atoms. The Balaban J connectivity index is 2.55. The van der Waals surface area contributed by atoms with Gasteiger partial charge in [-0.1, -0.05) is 19.9 Å². The van der Waals surface area contributed by atoms with Crippen LogP contribution in [0.2, 0.25) is 0 Å². The number of aryl methyl sites for hydroxylation is 1. The predicted molar refractivity (Wildman–Crippen MR) is 66.4 cm³/mol. The third kappa shape index (κ3) is 1.90. The summed E-state index contributed by atoms with van der Waals surface area (Å²) in [5.41, 5.74) is 8.21. The van der Waals surface area contributed by atoms with Gasteiger partial charge in [0, 0.05) is 12.0 Å². The minimum absolute atomic E-state index is 0.0477. The molecule has 1 aromatic carbocycles. The molecule has 15 heavy (non-hydrogen) atoms. The average molecular weight is 220 g/mol. The van der Waals surface area contributed by atoms with Crippen molar-refractivity contribution in [1.82, 2.24) is 4.98 Å². The summed E-state index contributed by atoms with van der Waals surface area (Å²) in [7, 11) is 0. The molecule has 1 aromatic heterocycles. The fourth-order valence-corrected chi connectivity index (χ4v) is 2.45. The Labute approximate surface area is 94.1 Å². The molecule has 0 saturated heterocycles. The largest absolute Gasteiger partial charge is 0.330 e. The van der Waals surface area contributed by atoms with E-state index in [1.54, 1.807) is 11.3 Å². The number of thiazole rings is 1. The van der Waals surface area contributed by atoms with E-state index in [-0.39, 0.29) is 5.41 Å². The molecule has 1 heterocycles. The van der Waals surface area contributed by atoms with E-state index < -0.39 is 0 Å². The topological polar surface area (TPSA) is 38.9 Å². The number of hydrogen-bond donors (Lipinski definition) is 1. The van der Waals surface area contributed by atoms with Crippen LogP contribution in [0.5, 0.6) is 0 Å². The summed E-state index contributed by atoms with van der Waals surface area (Å²) in [5.74, 6) is 0. The molecule has 0 aliphatic rings. The van der Waals surface area contributed by atoms with Gasteiger partial charge < -0.3 is 5.73 Å². The smallest absolute Gasteiger partial charge is 0.0907 e. The molecule has 0 unspecified atom stereocenters. The first-order chi connectivity index (χ1) is 7.03. The van der Waals surface area contributed by atoms with Crippen LogP contribution in [0.3, 0.4) is 0 Å². The maximum atomic E-state index is 5.78. The molecular weight excluding hydrogens is 204 g/mol. The zero-order valence-corrected chi connectivity index (χ0v) is 10.2. The molecule has 80 valence electrons. The number of rotatable bonds is 2. The molecule has 0 radical (unpaired) electrons.